The van der Waals surface area contributed by atoms with Crippen LogP contribution in [0, 0.1) is 5.82 Å². The van der Waals surface area contributed by atoms with Crippen LogP contribution >= 0.6 is 0 Å². The zero-order valence-corrected chi connectivity index (χ0v) is 11.3. The van der Waals surface area contributed by atoms with Gasteiger partial charge in [0, 0.05) is 11.1 Å². The number of hydrogen-bond donors (Lipinski definition) is 2. The highest BCUT2D eigenvalue weighted by atomic mass is 19.4. The monoisotopic (exact) mass is 330 g/mol. The molecule has 0 radical (unpaired) electrons. The predicted molar refractivity (Wildman–Crippen MR) is 71.1 cm³/mol. The van der Waals surface area contributed by atoms with E-state index in [9.17, 15) is 27.5 Å². The number of carbonyl (C=O) groups is 1. The number of carboxylic acid groups (broad SMARTS) is 1. The topological polar surface area (TPSA) is 66.8 Å². The minimum atomic E-state index is -4.89. The molecule has 0 spiro atoms. The average Bonchev–Trinajstić information content (AvgIpc) is 2.45. The van der Waals surface area contributed by atoms with Crippen LogP contribution in [-0.4, -0.2) is 22.5 Å². The fraction of sp³-hybridized carbons (Fsp3) is 0.133. The van der Waals surface area contributed by atoms with Gasteiger partial charge in [-0.1, -0.05) is 30.3 Å². The summed E-state index contributed by atoms with van der Waals surface area (Å²) in [5, 5.41) is 18.2. The number of aliphatic hydroxyl groups excluding tert-OH is 1. The minimum absolute atomic E-state index is 0.0451. The molecule has 0 amide bonds. The van der Waals surface area contributed by atoms with Gasteiger partial charge in [-0.15, -0.1) is 13.2 Å². The molecule has 2 rings (SSSR count). The largest absolute Gasteiger partial charge is 0.573 e. The Bertz CT molecular complexity index is 728. The van der Waals surface area contributed by atoms with E-state index in [0.29, 0.717) is 0 Å². The number of carboxylic acids is 1. The summed E-state index contributed by atoms with van der Waals surface area (Å²) in [7, 11) is 0. The highest BCUT2D eigenvalue weighted by molar-refractivity contribution is 5.76. The first-order valence-electron chi connectivity index (χ1n) is 6.24. The maximum atomic E-state index is 14.4. The molecule has 8 heteroatoms. The zero-order valence-electron chi connectivity index (χ0n) is 11.3. The van der Waals surface area contributed by atoms with Crippen molar-refractivity contribution < 1.29 is 37.3 Å². The highest BCUT2D eigenvalue weighted by Gasteiger charge is 2.31. The van der Waals surface area contributed by atoms with Gasteiger partial charge in [0.25, 0.3) is 0 Å². The first-order chi connectivity index (χ1) is 10.7. The van der Waals surface area contributed by atoms with E-state index in [1.165, 1.54) is 24.3 Å². The molecule has 1 unspecified atom stereocenters. The fourth-order valence-electron chi connectivity index (χ4n) is 1.98. The lowest BCUT2D eigenvalue weighted by Gasteiger charge is -2.13. The molecule has 0 fully saturated rings. The van der Waals surface area contributed by atoms with E-state index < -0.39 is 35.6 Å². The lowest BCUT2D eigenvalue weighted by Crippen LogP contribution is -2.17. The minimum Gasteiger partial charge on any atom is -0.479 e. The van der Waals surface area contributed by atoms with Crippen LogP contribution < -0.4 is 4.74 Å². The van der Waals surface area contributed by atoms with Crippen molar-refractivity contribution in [3.63, 3.8) is 0 Å². The zero-order chi connectivity index (χ0) is 17.2. The summed E-state index contributed by atoms with van der Waals surface area (Å²) in [5.74, 6) is -3.22. The van der Waals surface area contributed by atoms with Crippen LogP contribution in [0.3, 0.4) is 0 Å². The third-order valence-electron chi connectivity index (χ3n) is 2.94. The molecule has 0 aliphatic carbocycles. The van der Waals surface area contributed by atoms with Gasteiger partial charge in [0.15, 0.2) is 6.10 Å². The quantitative estimate of drug-likeness (QED) is 0.842. The molecule has 122 valence electrons. The number of aliphatic hydroxyl groups is 1. The van der Waals surface area contributed by atoms with Crippen molar-refractivity contribution in [2.75, 3.05) is 0 Å². The van der Waals surface area contributed by atoms with Gasteiger partial charge in [-0.25, -0.2) is 9.18 Å². The number of aliphatic carboxylic acids is 1. The lowest BCUT2D eigenvalue weighted by atomic mass is 9.99. The molecule has 2 aromatic carbocycles. The van der Waals surface area contributed by atoms with Gasteiger partial charge in [0.1, 0.15) is 11.6 Å². The summed E-state index contributed by atoms with van der Waals surface area (Å²) in [5.41, 5.74) is -0.601. The van der Waals surface area contributed by atoms with Gasteiger partial charge in [-0.05, 0) is 17.7 Å². The van der Waals surface area contributed by atoms with E-state index >= 15 is 0 Å². The fourth-order valence-corrected chi connectivity index (χ4v) is 1.98. The van der Waals surface area contributed by atoms with E-state index in [2.05, 4.69) is 4.74 Å². The van der Waals surface area contributed by atoms with Gasteiger partial charge in [0.05, 0.1) is 0 Å². The molecular weight excluding hydrogens is 320 g/mol. The predicted octanol–water partition coefficient (Wildman–Crippen LogP) is 3.51. The first kappa shape index (κ1) is 16.8. The van der Waals surface area contributed by atoms with Crippen molar-refractivity contribution in [3.8, 4) is 16.9 Å². The number of alkyl halides is 3. The van der Waals surface area contributed by atoms with E-state index in [1.807, 2.05) is 0 Å². The van der Waals surface area contributed by atoms with Crippen LogP contribution in [0.25, 0.3) is 11.1 Å². The van der Waals surface area contributed by atoms with Crippen molar-refractivity contribution in [2.45, 2.75) is 12.5 Å². The SMILES string of the molecule is O=C(O)C(O)c1cccc(-c2cccc(OC(F)(F)F)c2)c1F. The second kappa shape index (κ2) is 6.25. The third-order valence-corrected chi connectivity index (χ3v) is 2.94. The van der Waals surface area contributed by atoms with Crippen molar-refractivity contribution in [2.24, 2.45) is 0 Å². The van der Waals surface area contributed by atoms with Crippen molar-refractivity contribution in [1.82, 2.24) is 0 Å². The first-order valence-corrected chi connectivity index (χ1v) is 6.24. The Balaban J connectivity index is 2.45. The van der Waals surface area contributed by atoms with E-state index in [0.717, 1.165) is 18.2 Å². The smallest absolute Gasteiger partial charge is 0.479 e. The Morgan fingerprint density at radius 2 is 1.78 bits per heavy atom. The molecule has 2 N–H and O–H groups in total. The summed E-state index contributed by atoms with van der Waals surface area (Å²) in [6, 6.07) is 8.19. The highest BCUT2D eigenvalue weighted by Crippen LogP contribution is 2.31. The summed E-state index contributed by atoms with van der Waals surface area (Å²) < 4.78 is 54.8. The van der Waals surface area contributed by atoms with Crippen LogP contribution in [0.1, 0.15) is 11.7 Å². The van der Waals surface area contributed by atoms with Gasteiger partial charge >= 0.3 is 12.3 Å². The van der Waals surface area contributed by atoms with E-state index in [4.69, 9.17) is 5.11 Å². The standard InChI is InChI=1S/C15H10F4O4/c16-12-10(5-2-6-11(12)13(20)14(21)22)8-3-1-4-9(7-8)23-15(17,18)19/h1-7,13,20H,(H,21,22). The maximum Gasteiger partial charge on any atom is 0.573 e. The molecule has 0 heterocycles. The van der Waals surface area contributed by atoms with Crippen LogP contribution in [0.15, 0.2) is 42.5 Å². The number of hydrogen-bond acceptors (Lipinski definition) is 3. The molecule has 0 aromatic heterocycles. The third kappa shape index (κ3) is 3.98. The summed E-state index contributed by atoms with van der Waals surface area (Å²) in [6.07, 6.45) is -6.97. The molecule has 0 aliphatic rings. The van der Waals surface area contributed by atoms with Gasteiger partial charge in [0.2, 0.25) is 0 Å². The normalized spacial score (nSPS) is 12.7. The molecular formula is C15H10F4O4. The van der Waals surface area contributed by atoms with Crippen molar-refractivity contribution in [3.05, 3.63) is 53.8 Å². The van der Waals surface area contributed by atoms with Crippen molar-refractivity contribution >= 4 is 5.97 Å². The van der Waals surface area contributed by atoms with E-state index in [-0.39, 0.29) is 11.1 Å². The Morgan fingerprint density at radius 1 is 1.13 bits per heavy atom. The van der Waals surface area contributed by atoms with Crippen LogP contribution in [0.2, 0.25) is 0 Å². The molecule has 0 bridgehead atoms. The number of rotatable bonds is 4. The number of ether oxygens (including phenoxy) is 1. The molecule has 4 nitrogen and oxygen atoms in total. The second-order valence-corrected chi connectivity index (χ2v) is 4.53. The number of halogens is 4. The van der Waals surface area contributed by atoms with Crippen LogP contribution in [0.4, 0.5) is 17.6 Å². The molecule has 23 heavy (non-hydrogen) atoms. The summed E-state index contributed by atoms with van der Waals surface area (Å²) in [4.78, 5) is 10.7. The molecule has 2 aromatic rings. The molecule has 1 atom stereocenters. The van der Waals surface area contributed by atoms with Crippen LogP contribution in [-0.2, 0) is 4.79 Å². The van der Waals surface area contributed by atoms with E-state index in [1.54, 1.807) is 0 Å². The lowest BCUT2D eigenvalue weighted by molar-refractivity contribution is -0.274. The maximum absolute atomic E-state index is 14.4. The number of benzene rings is 2. The van der Waals surface area contributed by atoms with Crippen LogP contribution in [0.5, 0.6) is 5.75 Å². The Morgan fingerprint density at radius 3 is 2.39 bits per heavy atom. The molecule has 0 saturated carbocycles. The average molecular weight is 330 g/mol. The Hall–Kier alpha value is -2.61. The van der Waals surface area contributed by atoms with Gasteiger partial charge in [-0.3, -0.25) is 0 Å². The molecule has 0 aliphatic heterocycles. The summed E-state index contributed by atoms with van der Waals surface area (Å²) >= 11 is 0. The van der Waals surface area contributed by atoms with Gasteiger partial charge in [-0.2, -0.15) is 0 Å². The Kier molecular flexibility index (Phi) is 4.55. The van der Waals surface area contributed by atoms with Crippen molar-refractivity contribution in [1.29, 1.82) is 0 Å². The Labute approximate surface area is 127 Å². The summed E-state index contributed by atoms with van der Waals surface area (Å²) in [6.45, 7) is 0. The van der Waals surface area contributed by atoms with Gasteiger partial charge < -0.3 is 14.9 Å². The second-order valence-electron chi connectivity index (χ2n) is 4.53. The molecule has 0 saturated heterocycles.